The molecule has 0 saturated heterocycles. The van der Waals surface area contributed by atoms with Crippen LogP contribution in [0.2, 0.25) is 0 Å². The smallest absolute Gasteiger partial charge is 0.338 e. The molecule has 1 aliphatic rings. The second-order valence-electron chi connectivity index (χ2n) is 4.76. The van der Waals surface area contributed by atoms with Crippen molar-refractivity contribution < 1.29 is 14.3 Å². The first-order valence-corrected chi connectivity index (χ1v) is 8.68. The van der Waals surface area contributed by atoms with Gasteiger partial charge in [-0.25, -0.2) is 4.79 Å². The first-order valence-electron chi connectivity index (χ1n) is 6.81. The number of nitrogens with two attached hydrogens (primary N) is 1. The van der Waals surface area contributed by atoms with E-state index >= 15 is 0 Å². The molecule has 2 rings (SSSR count). The van der Waals surface area contributed by atoms with Crippen LogP contribution in [0.4, 0.5) is 0 Å². The molecule has 1 atom stereocenters. The van der Waals surface area contributed by atoms with Gasteiger partial charge in [-0.1, -0.05) is 12.1 Å². The predicted octanol–water partition coefficient (Wildman–Crippen LogP) is 3.70. The molecule has 0 bridgehead atoms. The Balaban J connectivity index is 2.69. The van der Waals surface area contributed by atoms with Crippen molar-refractivity contribution in [3.05, 3.63) is 54.6 Å². The van der Waals surface area contributed by atoms with E-state index in [0.717, 1.165) is 13.6 Å². The zero-order valence-corrected chi connectivity index (χ0v) is 16.3. The van der Waals surface area contributed by atoms with Gasteiger partial charge in [0.15, 0.2) is 0 Å². The third-order valence-corrected chi connectivity index (χ3v) is 5.92. The Morgan fingerprint density at radius 3 is 2.87 bits per heavy atom. The van der Waals surface area contributed by atoms with Gasteiger partial charge in [-0.15, -0.1) is 0 Å². The SMILES string of the molecule is CCOC(=O)C1=C(C)OC(N)=C(C#N)C1c1cccc(I)c1Br. The monoisotopic (exact) mass is 488 g/mol. The molecule has 23 heavy (non-hydrogen) atoms. The van der Waals surface area contributed by atoms with E-state index < -0.39 is 11.9 Å². The third kappa shape index (κ3) is 3.38. The minimum Gasteiger partial charge on any atom is -0.463 e. The molecule has 1 heterocycles. The van der Waals surface area contributed by atoms with Crippen molar-refractivity contribution in [2.45, 2.75) is 19.8 Å². The van der Waals surface area contributed by atoms with E-state index in [4.69, 9.17) is 15.2 Å². The summed E-state index contributed by atoms with van der Waals surface area (Å²) in [6, 6.07) is 7.69. The number of carbonyl (C=O) groups is 1. The number of nitriles is 1. The fraction of sp³-hybridized carbons (Fsp3) is 0.250. The van der Waals surface area contributed by atoms with Gasteiger partial charge >= 0.3 is 5.97 Å². The highest BCUT2D eigenvalue weighted by Gasteiger charge is 2.37. The fourth-order valence-electron chi connectivity index (χ4n) is 2.41. The molecule has 7 heteroatoms. The summed E-state index contributed by atoms with van der Waals surface area (Å²) < 4.78 is 12.3. The second-order valence-corrected chi connectivity index (χ2v) is 6.71. The van der Waals surface area contributed by atoms with E-state index in [2.05, 4.69) is 44.6 Å². The molecular weight excluding hydrogens is 475 g/mol. The average Bonchev–Trinajstić information content (AvgIpc) is 2.49. The van der Waals surface area contributed by atoms with Crippen molar-refractivity contribution in [1.82, 2.24) is 0 Å². The van der Waals surface area contributed by atoms with E-state index in [0.29, 0.717) is 11.3 Å². The van der Waals surface area contributed by atoms with Crippen molar-refractivity contribution in [2.24, 2.45) is 5.73 Å². The van der Waals surface area contributed by atoms with Crippen LogP contribution >= 0.6 is 38.5 Å². The van der Waals surface area contributed by atoms with Crippen LogP contribution in [0.3, 0.4) is 0 Å². The number of rotatable bonds is 3. The van der Waals surface area contributed by atoms with E-state index in [-0.39, 0.29) is 18.1 Å². The maximum atomic E-state index is 12.4. The van der Waals surface area contributed by atoms with Crippen LogP contribution in [0.1, 0.15) is 25.3 Å². The van der Waals surface area contributed by atoms with Gasteiger partial charge in [0.2, 0.25) is 5.88 Å². The standard InChI is InChI=1S/C16H14BrIN2O3/c1-3-22-16(21)12-8(2)23-15(20)10(7-19)13(12)9-5-4-6-11(18)14(9)17/h4-6,13H,3,20H2,1-2H3. The molecule has 1 aliphatic heterocycles. The van der Waals surface area contributed by atoms with Gasteiger partial charge in [-0.3, -0.25) is 0 Å². The van der Waals surface area contributed by atoms with Crippen LogP contribution < -0.4 is 5.73 Å². The van der Waals surface area contributed by atoms with Gasteiger partial charge in [-0.2, -0.15) is 5.26 Å². The molecule has 1 unspecified atom stereocenters. The zero-order chi connectivity index (χ0) is 17.1. The summed E-state index contributed by atoms with van der Waals surface area (Å²) in [6.07, 6.45) is 0. The number of hydrogen-bond donors (Lipinski definition) is 1. The van der Waals surface area contributed by atoms with Crippen molar-refractivity contribution in [3.63, 3.8) is 0 Å². The summed E-state index contributed by atoms with van der Waals surface area (Å²) in [4.78, 5) is 12.4. The Kier molecular flexibility index (Phi) is 5.70. The van der Waals surface area contributed by atoms with Crippen LogP contribution in [0.15, 0.2) is 45.5 Å². The Labute approximate surface area is 156 Å². The van der Waals surface area contributed by atoms with Gasteiger partial charge < -0.3 is 15.2 Å². The van der Waals surface area contributed by atoms with E-state index in [1.807, 2.05) is 18.2 Å². The van der Waals surface area contributed by atoms with Gasteiger partial charge in [0.25, 0.3) is 0 Å². The van der Waals surface area contributed by atoms with Crippen molar-refractivity contribution in [2.75, 3.05) is 6.61 Å². The van der Waals surface area contributed by atoms with Gasteiger partial charge in [-0.05, 0) is 64.0 Å². The Bertz CT molecular complexity index is 765. The lowest BCUT2D eigenvalue weighted by Gasteiger charge is -2.27. The quantitative estimate of drug-likeness (QED) is 0.518. The molecule has 0 fully saturated rings. The molecule has 1 aromatic carbocycles. The summed E-state index contributed by atoms with van der Waals surface area (Å²) in [5.41, 5.74) is 7.12. The van der Waals surface area contributed by atoms with E-state index in [1.165, 1.54) is 0 Å². The highest BCUT2D eigenvalue weighted by Crippen LogP contribution is 2.43. The number of halogens is 2. The Morgan fingerprint density at radius 2 is 2.26 bits per heavy atom. The number of hydrogen-bond acceptors (Lipinski definition) is 5. The maximum Gasteiger partial charge on any atom is 0.338 e. The lowest BCUT2D eigenvalue weighted by molar-refractivity contribution is -0.139. The normalized spacial score (nSPS) is 17.6. The lowest BCUT2D eigenvalue weighted by atomic mass is 9.83. The van der Waals surface area contributed by atoms with Crippen LogP contribution in [-0.2, 0) is 14.3 Å². The number of ether oxygens (including phenoxy) is 2. The molecular formula is C16H14BrIN2O3. The number of benzene rings is 1. The second kappa shape index (κ2) is 7.36. The van der Waals surface area contributed by atoms with Crippen LogP contribution in [-0.4, -0.2) is 12.6 Å². The largest absolute Gasteiger partial charge is 0.463 e. The molecule has 0 aromatic heterocycles. The van der Waals surface area contributed by atoms with Crippen LogP contribution in [0.5, 0.6) is 0 Å². The molecule has 120 valence electrons. The molecule has 0 spiro atoms. The number of esters is 1. The fourth-order valence-corrected chi connectivity index (χ4v) is 3.42. The minimum atomic E-state index is -0.628. The first-order chi connectivity index (χ1) is 10.9. The van der Waals surface area contributed by atoms with Crippen LogP contribution in [0, 0.1) is 14.9 Å². The van der Waals surface area contributed by atoms with Crippen molar-refractivity contribution >= 4 is 44.5 Å². The lowest BCUT2D eigenvalue weighted by Crippen LogP contribution is -2.25. The topological polar surface area (TPSA) is 85.3 Å². The molecule has 0 radical (unpaired) electrons. The predicted molar refractivity (Wildman–Crippen MR) is 96.8 cm³/mol. The third-order valence-electron chi connectivity index (χ3n) is 3.39. The van der Waals surface area contributed by atoms with Gasteiger partial charge in [0.1, 0.15) is 17.4 Å². The highest BCUT2D eigenvalue weighted by molar-refractivity contribution is 14.1. The molecule has 0 amide bonds. The van der Waals surface area contributed by atoms with E-state index in [1.54, 1.807) is 13.8 Å². The highest BCUT2D eigenvalue weighted by atomic mass is 127. The number of allylic oxidation sites excluding steroid dienone is 2. The number of carbonyl (C=O) groups excluding carboxylic acids is 1. The molecule has 2 N–H and O–H groups in total. The van der Waals surface area contributed by atoms with Crippen molar-refractivity contribution in [1.29, 1.82) is 5.26 Å². The number of nitrogens with zero attached hydrogens (tertiary/aromatic N) is 1. The Morgan fingerprint density at radius 1 is 1.57 bits per heavy atom. The first kappa shape index (κ1) is 17.8. The summed E-state index contributed by atoms with van der Waals surface area (Å²) in [7, 11) is 0. The summed E-state index contributed by atoms with van der Waals surface area (Å²) >= 11 is 5.71. The van der Waals surface area contributed by atoms with Gasteiger partial charge in [0.05, 0.1) is 18.1 Å². The van der Waals surface area contributed by atoms with Crippen molar-refractivity contribution in [3.8, 4) is 6.07 Å². The summed E-state index contributed by atoms with van der Waals surface area (Å²) in [6.45, 7) is 3.60. The minimum absolute atomic E-state index is 0.00816. The molecule has 1 aromatic rings. The molecule has 0 saturated carbocycles. The average molecular weight is 489 g/mol. The maximum absolute atomic E-state index is 12.4. The zero-order valence-electron chi connectivity index (χ0n) is 12.5. The Hall–Kier alpha value is -1.53. The summed E-state index contributed by atoms with van der Waals surface area (Å²) in [5, 5.41) is 9.51. The summed E-state index contributed by atoms with van der Waals surface area (Å²) in [5.74, 6) is -0.789. The van der Waals surface area contributed by atoms with E-state index in [9.17, 15) is 10.1 Å². The molecule has 5 nitrogen and oxygen atoms in total. The van der Waals surface area contributed by atoms with Crippen LogP contribution in [0.25, 0.3) is 0 Å². The molecule has 0 aliphatic carbocycles. The van der Waals surface area contributed by atoms with Gasteiger partial charge in [0, 0.05) is 8.04 Å².